The fraction of sp³-hybridized carbons (Fsp3) is 0.269. The van der Waals surface area contributed by atoms with Gasteiger partial charge in [-0.1, -0.05) is 48.5 Å². The van der Waals surface area contributed by atoms with Crippen LogP contribution in [0, 0.1) is 13.8 Å². The van der Waals surface area contributed by atoms with Gasteiger partial charge in [-0.2, -0.15) is 13.2 Å². The van der Waals surface area contributed by atoms with Crippen LogP contribution >= 0.6 is 0 Å². The third-order valence-corrected chi connectivity index (χ3v) is 5.66. The Bertz CT molecular complexity index is 1050. The molecule has 3 aromatic carbocycles. The predicted molar refractivity (Wildman–Crippen MR) is 120 cm³/mol. The second-order valence-electron chi connectivity index (χ2n) is 7.85. The van der Waals surface area contributed by atoms with Crippen molar-refractivity contribution in [1.29, 1.82) is 0 Å². The Morgan fingerprint density at radius 3 is 2.16 bits per heavy atom. The summed E-state index contributed by atoms with van der Waals surface area (Å²) < 4.78 is 38.5. The molecule has 1 atom stereocenters. The van der Waals surface area contributed by atoms with E-state index in [0.717, 1.165) is 23.3 Å². The molecule has 1 amide bonds. The fourth-order valence-corrected chi connectivity index (χ4v) is 3.56. The van der Waals surface area contributed by atoms with Gasteiger partial charge >= 0.3 is 6.18 Å². The number of amides is 1. The Balaban J connectivity index is 1.88. The Labute approximate surface area is 186 Å². The first kappa shape index (κ1) is 23.5. The summed E-state index contributed by atoms with van der Waals surface area (Å²) in [6.45, 7) is 3.87. The normalized spacial score (nSPS) is 12.4. The van der Waals surface area contributed by atoms with Gasteiger partial charge in [0.1, 0.15) is 0 Å². The molecule has 3 aromatic rings. The smallest absolute Gasteiger partial charge is 0.395 e. The number of hydrogen-bond donors (Lipinski definition) is 1. The first-order valence-electron chi connectivity index (χ1n) is 10.4. The molecule has 0 saturated heterocycles. The molecule has 0 aliphatic rings. The molecular weight excluding hydrogens is 415 g/mol. The Kier molecular flexibility index (Phi) is 7.36. The number of aliphatic hydroxyl groups is 1. The van der Waals surface area contributed by atoms with Gasteiger partial charge in [-0.15, -0.1) is 0 Å². The van der Waals surface area contributed by atoms with Crippen LogP contribution in [-0.4, -0.2) is 24.2 Å². The topological polar surface area (TPSA) is 40.5 Å². The molecular formula is C26H26F3NO2. The Morgan fingerprint density at radius 1 is 0.938 bits per heavy atom. The molecule has 0 bridgehead atoms. The minimum Gasteiger partial charge on any atom is -0.395 e. The summed E-state index contributed by atoms with van der Waals surface area (Å²) in [6, 6.07) is 19.7. The third-order valence-electron chi connectivity index (χ3n) is 5.66. The van der Waals surface area contributed by atoms with E-state index in [-0.39, 0.29) is 19.1 Å². The van der Waals surface area contributed by atoms with E-state index in [1.807, 2.05) is 50.2 Å². The van der Waals surface area contributed by atoms with Crippen molar-refractivity contribution < 1.29 is 23.1 Å². The molecule has 0 aliphatic heterocycles. The number of aryl methyl sites for hydroxylation is 2. The lowest BCUT2D eigenvalue weighted by atomic mass is 9.97. The van der Waals surface area contributed by atoms with Crippen molar-refractivity contribution in [3.8, 4) is 0 Å². The van der Waals surface area contributed by atoms with Gasteiger partial charge < -0.3 is 10.0 Å². The number of carbonyl (C=O) groups excluding carboxylic acids is 1. The minimum absolute atomic E-state index is 0.256. The van der Waals surface area contributed by atoms with Crippen molar-refractivity contribution in [2.45, 2.75) is 32.4 Å². The molecule has 0 fully saturated rings. The first-order chi connectivity index (χ1) is 15.2. The van der Waals surface area contributed by atoms with Gasteiger partial charge in [-0.25, -0.2) is 0 Å². The molecule has 0 saturated carbocycles. The number of rotatable bonds is 7. The molecule has 0 aliphatic carbocycles. The molecule has 0 heterocycles. The molecule has 1 N–H and O–H groups in total. The van der Waals surface area contributed by atoms with E-state index in [1.165, 1.54) is 12.1 Å². The van der Waals surface area contributed by atoms with Crippen molar-refractivity contribution in [2.75, 3.05) is 18.1 Å². The van der Waals surface area contributed by atoms with Crippen LogP contribution in [0.3, 0.4) is 0 Å². The zero-order chi connectivity index (χ0) is 23.3. The number of aliphatic hydroxyl groups excluding tert-OH is 1. The molecule has 32 heavy (non-hydrogen) atoms. The summed E-state index contributed by atoms with van der Waals surface area (Å²) in [5, 5.41) is 9.98. The van der Waals surface area contributed by atoms with E-state index in [4.69, 9.17) is 0 Å². The van der Waals surface area contributed by atoms with Crippen molar-refractivity contribution in [3.63, 3.8) is 0 Å². The quantitative estimate of drug-likeness (QED) is 0.513. The number of hydrogen-bond acceptors (Lipinski definition) is 2. The number of anilines is 1. The van der Waals surface area contributed by atoms with Gasteiger partial charge in [0, 0.05) is 12.2 Å². The highest BCUT2D eigenvalue weighted by molar-refractivity contribution is 5.98. The lowest BCUT2D eigenvalue weighted by Gasteiger charge is -2.28. The predicted octanol–water partition coefficient (Wildman–Crippen LogP) is 5.67. The monoisotopic (exact) mass is 441 g/mol. The lowest BCUT2D eigenvalue weighted by Crippen LogP contribution is -2.38. The second kappa shape index (κ2) is 10.0. The highest BCUT2D eigenvalue weighted by atomic mass is 19.4. The van der Waals surface area contributed by atoms with E-state index < -0.39 is 17.7 Å². The number of alkyl halides is 3. The van der Waals surface area contributed by atoms with Crippen LogP contribution in [0.4, 0.5) is 18.9 Å². The number of benzene rings is 3. The van der Waals surface area contributed by atoms with Crippen LogP contribution in [0.25, 0.3) is 0 Å². The van der Waals surface area contributed by atoms with Crippen molar-refractivity contribution in [1.82, 2.24) is 0 Å². The maximum Gasteiger partial charge on any atom is 0.416 e. The summed E-state index contributed by atoms with van der Waals surface area (Å²) in [7, 11) is 0. The Hall–Kier alpha value is -3.12. The highest BCUT2D eigenvalue weighted by Crippen LogP contribution is 2.29. The van der Waals surface area contributed by atoms with E-state index in [9.17, 15) is 23.1 Å². The standard InChI is InChI=1S/C26H26F3NO2/c1-18-8-13-23(16-19(18)2)30(25(32)24(17-31)21-6-4-3-5-7-21)15-14-20-9-11-22(12-10-20)26(27,28)29/h3-13,16,24,31H,14-15,17H2,1-2H3. The van der Waals surface area contributed by atoms with Crippen molar-refractivity contribution >= 4 is 11.6 Å². The molecule has 0 aromatic heterocycles. The first-order valence-corrected chi connectivity index (χ1v) is 10.4. The van der Waals surface area contributed by atoms with Crippen LogP contribution in [-0.2, 0) is 17.4 Å². The van der Waals surface area contributed by atoms with Crippen LogP contribution in [0.1, 0.15) is 33.7 Å². The van der Waals surface area contributed by atoms with Crippen LogP contribution in [0.2, 0.25) is 0 Å². The fourth-order valence-electron chi connectivity index (χ4n) is 3.56. The van der Waals surface area contributed by atoms with E-state index in [1.54, 1.807) is 17.0 Å². The zero-order valence-electron chi connectivity index (χ0n) is 18.1. The molecule has 1 unspecified atom stereocenters. The van der Waals surface area contributed by atoms with Crippen molar-refractivity contribution in [2.24, 2.45) is 0 Å². The molecule has 0 radical (unpaired) electrons. The van der Waals surface area contributed by atoms with Gasteiger partial charge in [-0.3, -0.25) is 4.79 Å². The van der Waals surface area contributed by atoms with Crippen molar-refractivity contribution in [3.05, 3.63) is 101 Å². The second-order valence-corrected chi connectivity index (χ2v) is 7.85. The van der Waals surface area contributed by atoms with E-state index in [2.05, 4.69) is 0 Å². The number of carbonyl (C=O) groups is 1. The number of nitrogens with zero attached hydrogens (tertiary/aromatic N) is 1. The van der Waals surface area contributed by atoms with Gasteiger partial charge in [0.05, 0.1) is 18.1 Å². The Morgan fingerprint density at radius 2 is 1.59 bits per heavy atom. The summed E-state index contributed by atoms with van der Waals surface area (Å²) in [5.74, 6) is -0.987. The van der Waals surface area contributed by atoms with Gasteiger partial charge in [0.15, 0.2) is 0 Å². The van der Waals surface area contributed by atoms with E-state index >= 15 is 0 Å². The van der Waals surface area contributed by atoms with Crippen LogP contribution < -0.4 is 4.90 Å². The molecule has 0 spiro atoms. The molecule has 6 heteroatoms. The average molecular weight is 441 g/mol. The number of halogens is 3. The zero-order valence-corrected chi connectivity index (χ0v) is 18.1. The maximum absolute atomic E-state index is 13.5. The summed E-state index contributed by atoms with van der Waals surface area (Å²) in [5.41, 5.74) is 3.51. The SMILES string of the molecule is Cc1ccc(N(CCc2ccc(C(F)(F)F)cc2)C(=O)C(CO)c2ccccc2)cc1C. The lowest BCUT2D eigenvalue weighted by molar-refractivity contribution is -0.137. The van der Waals surface area contributed by atoms with Gasteiger partial charge in [-0.05, 0) is 66.8 Å². The summed E-state index contributed by atoms with van der Waals surface area (Å²) in [4.78, 5) is 15.1. The largest absolute Gasteiger partial charge is 0.416 e. The van der Waals surface area contributed by atoms with Crippen LogP contribution in [0.5, 0.6) is 0 Å². The molecule has 3 nitrogen and oxygen atoms in total. The van der Waals surface area contributed by atoms with Crippen LogP contribution in [0.15, 0.2) is 72.8 Å². The summed E-state index contributed by atoms with van der Waals surface area (Å²) in [6.07, 6.45) is -4.01. The van der Waals surface area contributed by atoms with Gasteiger partial charge in [0.25, 0.3) is 0 Å². The molecule has 168 valence electrons. The average Bonchev–Trinajstić information content (AvgIpc) is 2.77. The minimum atomic E-state index is -4.38. The van der Waals surface area contributed by atoms with Gasteiger partial charge in [0.2, 0.25) is 5.91 Å². The maximum atomic E-state index is 13.5. The summed E-state index contributed by atoms with van der Waals surface area (Å²) >= 11 is 0. The third kappa shape index (κ3) is 5.56. The highest BCUT2D eigenvalue weighted by Gasteiger charge is 2.30. The molecule has 3 rings (SSSR count). The van der Waals surface area contributed by atoms with E-state index in [0.29, 0.717) is 23.2 Å².